The number of ether oxygens (including phenoxy) is 1. The summed E-state index contributed by atoms with van der Waals surface area (Å²) in [5.41, 5.74) is 0.460. The van der Waals surface area contributed by atoms with Gasteiger partial charge in [-0.1, -0.05) is 24.3 Å². The van der Waals surface area contributed by atoms with Gasteiger partial charge in [0, 0.05) is 29.0 Å². The van der Waals surface area contributed by atoms with Crippen molar-refractivity contribution in [2.75, 3.05) is 19.5 Å². The summed E-state index contributed by atoms with van der Waals surface area (Å²) in [5, 5.41) is 18.9. The van der Waals surface area contributed by atoms with Gasteiger partial charge in [-0.3, -0.25) is 9.20 Å². The predicted octanol–water partition coefficient (Wildman–Crippen LogP) is 3.05. The molecule has 0 saturated carbocycles. The number of benzene rings is 2. The number of esters is 1. The highest BCUT2D eigenvalue weighted by atomic mass is 32.2. The van der Waals surface area contributed by atoms with E-state index < -0.39 is 28.4 Å². The molecule has 0 saturated heterocycles. The molecule has 33 heavy (non-hydrogen) atoms. The summed E-state index contributed by atoms with van der Waals surface area (Å²) in [7, 11) is -0.241. The highest BCUT2D eigenvalue weighted by Crippen LogP contribution is 2.28. The molecule has 2 aromatic carbocycles. The van der Waals surface area contributed by atoms with E-state index in [2.05, 4.69) is 9.73 Å². The van der Waals surface area contributed by atoms with Gasteiger partial charge in [-0.2, -0.15) is 4.73 Å². The van der Waals surface area contributed by atoms with E-state index in [1.807, 2.05) is 0 Å². The van der Waals surface area contributed by atoms with Crippen molar-refractivity contribution in [2.45, 2.75) is 17.9 Å². The number of hydrogen-bond acceptors (Lipinski definition) is 6. The van der Waals surface area contributed by atoms with Gasteiger partial charge >= 0.3 is 5.97 Å². The molecule has 0 aliphatic carbocycles. The number of pyridine rings is 1. The maximum atomic E-state index is 14.8. The van der Waals surface area contributed by atoms with Crippen molar-refractivity contribution >= 4 is 16.8 Å². The average molecular weight is 477 g/mol. The van der Waals surface area contributed by atoms with E-state index in [9.17, 15) is 23.0 Å². The van der Waals surface area contributed by atoms with Crippen LogP contribution in [0.4, 0.5) is 8.78 Å². The largest absolute Gasteiger partial charge is 0.465 e. The molecule has 2 N–H and O–H groups in total. The molecule has 3 rings (SSSR count). The number of rotatable bonds is 8. The number of aliphatic hydroxyl groups is 1. The summed E-state index contributed by atoms with van der Waals surface area (Å²) in [4.78, 5) is 16.6. The minimum absolute atomic E-state index is 0.0754. The van der Waals surface area contributed by atoms with Gasteiger partial charge < -0.3 is 15.1 Å². The summed E-state index contributed by atoms with van der Waals surface area (Å²) < 4.78 is 46.6. The average Bonchev–Trinajstić information content (AvgIpc) is 2.81. The van der Waals surface area contributed by atoms with Crippen LogP contribution in [-0.4, -0.2) is 44.7 Å². The van der Waals surface area contributed by atoms with Crippen molar-refractivity contribution in [3.05, 3.63) is 83.0 Å². The van der Waals surface area contributed by atoms with Gasteiger partial charge in [0.25, 0.3) is 0 Å². The SMILES string of the molecule is COC(=O)c1c(F)cccc1-c1ccc(CN=c2cc(S(=O)CCCO)ccn2O)c(F)c1. The fourth-order valence-electron chi connectivity index (χ4n) is 3.12. The molecule has 0 radical (unpaired) electrons. The molecule has 7 nitrogen and oxygen atoms in total. The minimum Gasteiger partial charge on any atom is -0.465 e. The molecule has 0 aliphatic rings. The van der Waals surface area contributed by atoms with Gasteiger partial charge in [-0.15, -0.1) is 0 Å². The van der Waals surface area contributed by atoms with E-state index in [1.54, 1.807) is 0 Å². The zero-order valence-electron chi connectivity index (χ0n) is 17.7. The maximum Gasteiger partial charge on any atom is 0.341 e. The highest BCUT2D eigenvalue weighted by Gasteiger charge is 2.19. The van der Waals surface area contributed by atoms with E-state index in [1.165, 1.54) is 48.7 Å². The lowest BCUT2D eigenvalue weighted by molar-refractivity contribution is 0.0596. The topological polar surface area (TPSA) is 101 Å². The molecule has 1 heterocycles. The maximum absolute atomic E-state index is 14.8. The molecular weight excluding hydrogens is 454 g/mol. The van der Waals surface area contributed by atoms with Gasteiger partial charge in [0.1, 0.15) is 17.2 Å². The quantitative estimate of drug-likeness (QED) is 0.385. The van der Waals surface area contributed by atoms with Crippen LogP contribution in [0.5, 0.6) is 0 Å². The molecule has 0 aliphatic heterocycles. The van der Waals surface area contributed by atoms with Gasteiger partial charge in [0.15, 0.2) is 5.49 Å². The number of carbonyl (C=O) groups excluding carboxylic acids is 1. The Morgan fingerprint density at radius 1 is 1.15 bits per heavy atom. The molecule has 1 aromatic heterocycles. The molecule has 10 heteroatoms. The summed E-state index contributed by atoms with van der Waals surface area (Å²) >= 11 is 0. The van der Waals surface area contributed by atoms with Gasteiger partial charge in [0.05, 0.1) is 24.5 Å². The molecule has 1 atom stereocenters. The molecule has 1 unspecified atom stereocenters. The van der Waals surface area contributed by atoms with Crippen molar-refractivity contribution < 1.29 is 32.8 Å². The Labute approximate surface area is 191 Å². The smallest absolute Gasteiger partial charge is 0.341 e. The third-order valence-corrected chi connectivity index (χ3v) is 6.25. The molecule has 0 fully saturated rings. The first kappa shape index (κ1) is 24.3. The molecule has 0 bridgehead atoms. The Morgan fingerprint density at radius 2 is 1.94 bits per heavy atom. The van der Waals surface area contributed by atoms with Crippen LogP contribution in [-0.2, 0) is 22.1 Å². The van der Waals surface area contributed by atoms with Gasteiger partial charge in [-0.25, -0.2) is 13.6 Å². The van der Waals surface area contributed by atoms with Crippen molar-refractivity contribution in [1.82, 2.24) is 4.73 Å². The van der Waals surface area contributed by atoms with Crippen LogP contribution in [0.15, 0.2) is 64.6 Å². The van der Waals surface area contributed by atoms with E-state index in [-0.39, 0.29) is 46.6 Å². The first-order chi connectivity index (χ1) is 15.8. The third-order valence-electron chi connectivity index (χ3n) is 4.82. The predicted molar refractivity (Wildman–Crippen MR) is 117 cm³/mol. The van der Waals surface area contributed by atoms with E-state index in [0.29, 0.717) is 11.3 Å². The fourth-order valence-corrected chi connectivity index (χ4v) is 4.20. The van der Waals surface area contributed by atoms with Crippen LogP contribution in [0.25, 0.3) is 11.1 Å². The Bertz CT molecular complexity index is 1260. The van der Waals surface area contributed by atoms with Crippen LogP contribution in [0, 0.1) is 11.6 Å². The minimum atomic E-state index is -1.37. The molecule has 174 valence electrons. The lowest BCUT2D eigenvalue weighted by Crippen LogP contribution is -2.19. The molecule has 0 spiro atoms. The Hall–Kier alpha value is -3.37. The Kier molecular flexibility index (Phi) is 8.07. The third kappa shape index (κ3) is 5.71. The van der Waals surface area contributed by atoms with Crippen LogP contribution in [0.2, 0.25) is 0 Å². The Balaban J connectivity index is 1.90. The number of methoxy groups -OCH3 is 1. The summed E-state index contributed by atoms with van der Waals surface area (Å²) in [6, 6.07) is 11.1. The van der Waals surface area contributed by atoms with Crippen LogP contribution < -0.4 is 5.49 Å². The zero-order chi connectivity index (χ0) is 24.0. The van der Waals surface area contributed by atoms with Crippen LogP contribution in [0.3, 0.4) is 0 Å². The lowest BCUT2D eigenvalue weighted by Gasteiger charge is -2.10. The van der Waals surface area contributed by atoms with Crippen LogP contribution in [0.1, 0.15) is 22.3 Å². The van der Waals surface area contributed by atoms with Crippen molar-refractivity contribution in [3.63, 3.8) is 0 Å². The lowest BCUT2D eigenvalue weighted by atomic mass is 9.98. The first-order valence-corrected chi connectivity index (χ1v) is 11.2. The van der Waals surface area contributed by atoms with Crippen molar-refractivity contribution in [2.24, 2.45) is 4.99 Å². The number of nitrogens with zero attached hydrogens (tertiary/aromatic N) is 2. The molecule has 3 aromatic rings. The Morgan fingerprint density at radius 3 is 2.64 bits per heavy atom. The normalized spacial score (nSPS) is 12.5. The van der Waals surface area contributed by atoms with Gasteiger partial charge in [0.2, 0.25) is 0 Å². The number of aromatic nitrogens is 1. The van der Waals surface area contributed by atoms with Crippen molar-refractivity contribution in [1.29, 1.82) is 0 Å². The summed E-state index contributed by atoms with van der Waals surface area (Å²) in [6.45, 7) is -0.214. The second kappa shape index (κ2) is 11.0. The first-order valence-electron chi connectivity index (χ1n) is 9.93. The van der Waals surface area contributed by atoms with E-state index in [4.69, 9.17) is 5.11 Å². The van der Waals surface area contributed by atoms with Crippen molar-refractivity contribution in [3.8, 4) is 11.1 Å². The molecular formula is C23H22F2N2O5S. The highest BCUT2D eigenvalue weighted by molar-refractivity contribution is 7.85. The van der Waals surface area contributed by atoms with Crippen LogP contribution >= 0.6 is 0 Å². The van der Waals surface area contributed by atoms with E-state index >= 15 is 0 Å². The second-order valence-corrected chi connectivity index (χ2v) is 8.54. The van der Waals surface area contributed by atoms with E-state index in [0.717, 1.165) is 17.9 Å². The monoisotopic (exact) mass is 476 g/mol. The number of halogens is 2. The summed E-state index contributed by atoms with van der Waals surface area (Å²) in [6.07, 6.45) is 1.65. The standard InChI is InChI=1S/C23H22F2N2O5S/c1-32-23(29)22-18(4-2-5-19(22)24)15-6-7-16(20(25)12-15)14-26-21-13-17(8-9-27(21)30)33(31)11-3-10-28/h2,4-9,12-13,28,30H,3,10-11,14H2,1H3. The van der Waals surface area contributed by atoms with Gasteiger partial charge in [-0.05, 0) is 41.8 Å². The fraction of sp³-hybridized carbons (Fsp3) is 0.217. The number of aliphatic hydroxyl groups excluding tert-OH is 1. The second-order valence-electron chi connectivity index (χ2n) is 6.97. The summed E-state index contributed by atoms with van der Waals surface area (Å²) in [5.74, 6) is -2.02. The molecule has 0 amide bonds. The number of hydrogen-bond donors (Lipinski definition) is 2. The zero-order valence-corrected chi connectivity index (χ0v) is 18.5. The number of carbonyl (C=O) groups is 1.